The van der Waals surface area contributed by atoms with E-state index in [4.69, 9.17) is 4.74 Å². The van der Waals surface area contributed by atoms with E-state index < -0.39 is 0 Å². The van der Waals surface area contributed by atoms with Crippen LogP contribution in [-0.2, 0) is 0 Å². The van der Waals surface area contributed by atoms with E-state index in [0.717, 1.165) is 50.9 Å². The molecule has 1 aliphatic rings. The molecule has 1 aliphatic carbocycles. The maximum absolute atomic E-state index is 9.91. The molecule has 0 aromatic heterocycles. The summed E-state index contributed by atoms with van der Waals surface area (Å²) in [4.78, 5) is 0. The van der Waals surface area contributed by atoms with Crippen LogP contribution in [-0.4, -0.2) is 6.61 Å². The summed E-state index contributed by atoms with van der Waals surface area (Å²) in [6.07, 6.45) is 14.4. The van der Waals surface area contributed by atoms with Gasteiger partial charge in [0.05, 0.1) is 18.1 Å². The number of unbranched alkanes of at least 4 members (excludes halogenated alkanes) is 5. The summed E-state index contributed by atoms with van der Waals surface area (Å²) in [5.41, 5.74) is 3.85. The molecule has 0 saturated heterocycles. The molecule has 0 N–H and O–H groups in total. The first-order valence-corrected chi connectivity index (χ1v) is 12.9. The summed E-state index contributed by atoms with van der Waals surface area (Å²) in [6.45, 7) is 5.15. The van der Waals surface area contributed by atoms with Gasteiger partial charge in [0, 0.05) is 0 Å². The first kappa shape index (κ1) is 24.4. The van der Waals surface area contributed by atoms with Gasteiger partial charge in [-0.3, -0.25) is 0 Å². The average Bonchev–Trinajstić information content (AvgIpc) is 2.86. The molecule has 2 heteroatoms. The van der Waals surface area contributed by atoms with E-state index in [1.54, 1.807) is 0 Å². The van der Waals surface area contributed by atoms with Crippen LogP contribution in [0.15, 0.2) is 48.5 Å². The van der Waals surface area contributed by atoms with Crippen molar-refractivity contribution in [1.29, 1.82) is 5.26 Å². The standard InChI is InChI=1S/C30H41NO/c1-3-5-6-7-8-9-20-30(24-31)21-18-28(19-22-30)26-12-10-25(11-13-26)27-14-16-29(17-15-27)32-23-4-2/h10-17,28H,3-9,18-23H2,1-2H3. The van der Waals surface area contributed by atoms with E-state index in [9.17, 15) is 5.26 Å². The molecule has 0 amide bonds. The molecular weight excluding hydrogens is 390 g/mol. The Morgan fingerprint density at radius 2 is 1.41 bits per heavy atom. The normalized spacial score (nSPS) is 20.6. The molecule has 0 heterocycles. The second-order valence-corrected chi connectivity index (χ2v) is 9.68. The molecule has 2 aromatic carbocycles. The number of nitrogens with zero attached hydrogens (tertiary/aromatic N) is 1. The summed E-state index contributed by atoms with van der Waals surface area (Å²) in [5.74, 6) is 1.54. The number of benzene rings is 2. The van der Waals surface area contributed by atoms with Crippen LogP contribution in [0.1, 0.15) is 102 Å². The van der Waals surface area contributed by atoms with Crippen LogP contribution in [0.3, 0.4) is 0 Å². The molecule has 172 valence electrons. The predicted octanol–water partition coefficient (Wildman–Crippen LogP) is 9.06. The van der Waals surface area contributed by atoms with Gasteiger partial charge in [-0.15, -0.1) is 0 Å². The van der Waals surface area contributed by atoms with Crippen molar-refractivity contribution >= 4 is 0 Å². The number of rotatable bonds is 12. The molecule has 3 rings (SSSR count). The Bertz CT molecular complexity index is 823. The van der Waals surface area contributed by atoms with Crippen molar-refractivity contribution in [1.82, 2.24) is 0 Å². The molecule has 32 heavy (non-hydrogen) atoms. The van der Waals surface area contributed by atoms with E-state index in [1.807, 2.05) is 0 Å². The lowest BCUT2D eigenvalue weighted by Crippen LogP contribution is -2.25. The third-order valence-corrected chi connectivity index (χ3v) is 7.23. The van der Waals surface area contributed by atoms with E-state index in [2.05, 4.69) is 68.4 Å². The van der Waals surface area contributed by atoms with Crippen LogP contribution in [0.5, 0.6) is 5.75 Å². The molecule has 2 aromatic rings. The summed E-state index contributed by atoms with van der Waals surface area (Å²) < 4.78 is 5.69. The van der Waals surface area contributed by atoms with Gasteiger partial charge in [-0.25, -0.2) is 0 Å². The number of hydrogen-bond donors (Lipinski definition) is 0. The van der Waals surface area contributed by atoms with Crippen molar-refractivity contribution in [3.63, 3.8) is 0 Å². The van der Waals surface area contributed by atoms with Crippen LogP contribution in [0.2, 0.25) is 0 Å². The lowest BCUT2D eigenvalue weighted by Gasteiger charge is -2.35. The molecule has 0 bridgehead atoms. The Morgan fingerprint density at radius 1 is 0.812 bits per heavy atom. The highest BCUT2D eigenvalue weighted by atomic mass is 16.5. The Hall–Kier alpha value is -2.27. The minimum atomic E-state index is -0.0667. The van der Waals surface area contributed by atoms with Gasteiger partial charge in [0.25, 0.3) is 0 Å². The SMILES string of the molecule is CCCCCCCCC1(C#N)CCC(c2ccc(-c3ccc(OCCC)cc3)cc2)CC1. The van der Waals surface area contributed by atoms with E-state index in [-0.39, 0.29) is 5.41 Å². The molecule has 0 atom stereocenters. The summed E-state index contributed by atoms with van der Waals surface area (Å²) >= 11 is 0. The van der Waals surface area contributed by atoms with Crippen molar-refractivity contribution in [3.05, 3.63) is 54.1 Å². The van der Waals surface area contributed by atoms with Gasteiger partial charge in [0.15, 0.2) is 0 Å². The molecule has 1 fully saturated rings. The Labute approximate surface area is 196 Å². The third kappa shape index (κ3) is 6.86. The average molecular weight is 432 g/mol. The largest absolute Gasteiger partial charge is 0.494 e. The number of ether oxygens (including phenoxy) is 1. The molecule has 0 aliphatic heterocycles. The highest BCUT2D eigenvalue weighted by Crippen LogP contribution is 2.45. The van der Waals surface area contributed by atoms with E-state index in [1.165, 1.54) is 55.2 Å². The van der Waals surface area contributed by atoms with Crippen molar-refractivity contribution in [2.24, 2.45) is 5.41 Å². The first-order valence-electron chi connectivity index (χ1n) is 12.9. The number of nitriles is 1. The highest BCUT2D eigenvalue weighted by molar-refractivity contribution is 5.64. The molecule has 2 nitrogen and oxygen atoms in total. The van der Waals surface area contributed by atoms with Gasteiger partial charge in [0.2, 0.25) is 0 Å². The molecule has 1 saturated carbocycles. The summed E-state index contributed by atoms with van der Waals surface area (Å²) in [5, 5.41) is 9.91. The Balaban J connectivity index is 1.50. The van der Waals surface area contributed by atoms with Crippen molar-refractivity contribution in [2.45, 2.75) is 96.8 Å². The second-order valence-electron chi connectivity index (χ2n) is 9.68. The molecule has 0 spiro atoms. The zero-order valence-corrected chi connectivity index (χ0v) is 20.2. The van der Waals surface area contributed by atoms with Crippen molar-refractivity contribution < 1.29 is 4.74 Å². The van der Waals surface area contributed by atoms with Crippen molar-refractivity contribution in [3.8, 4) is 22.9 Å². The first-order chi connectivity index (χ1) is 15.7. The quantitative estimate of drug-likeness (QED) is 0.314. The molecule has 0 unspecified atom stereocenters. The maximum Gasteiger partial charge on any atom is 0.119 e. The summed E-state index contributed by atoms with van der Waals surface area (Å²) in [6, 6.07) is 20.2. The van der Waals surface area contributed by atoms with Gasteiger partial charge in [0.1, 0.15) is 5.75 Å². The minimum Gasteiger partial charge on any atom is -0.494 e. The van der Waals surface area contributed by atoms with E-state index in [0.29, 0.717) is 5.92 Å². The molecular formula is C30H41NO. The Morgan fingerprint density at radius 3 is 2.00 bits per heavy atom. The lowest BCUT2D eigenvalue weighted by atomic mass is 9.67. The minimum absolute atomic E-state index is 0.0667. The highest BCUT2D eigenvalue weighted by Gasteiger charge is 2.35. The summed E-state index contributed by atoms with van der Waals surface area (Å²) in [7, 11) is 0. The van der Waals surface area contributed by atoms with Crippen LogP contribution < -0.4 is 4.74 Å². The van der Waals surface area contributed by atoms with E-state index >= 15 is 0 Å². The second kappa shape index (κ2) is 12.7. The number of hydrogen-bond acceptors (Lipinski definition) is 2. The van der Waals surface area contributed by atoms with Gasteiger partial charge in [-0.1, -0.05) is 88.8 Å². The zero-order chi connectivity index (χ0) is 22.7. The Kier molecular flexibility index (Phi) is 9.66. The zero-order valence-electron chi connectivity index (χ0n) is 20.2. The lowest BCUT2D eigenvalue weighted by molar-refractivity contribution is 0.223. The van der Waals surface area contributed by atoms with Gasteiger partial charge in [-0.2, -0.15) is 5.26 Å². The van der Waals surface area contributed by atoms with Crippen LogP contribution in [0.4, 0.5) is 0 Å². The van der Waals surface area contributed by atoms with Crippen molar-refractivity contribution in [2.75, 3.05) is 6.61 Å². The molecule has 0 radical (unpaired) electrons. The smallest absolute Gasteiger partial charge is 0.119 e. The van der Waals surface area contributed by atoms with Gasteiger partial charge in [-0.05, 0) is 73.3 Å². The fraction of sp³-hybridized carbons (Fsp3) is 0.567. The van der Waals surface area contributed by atoms with Gasteiger partial charge >= 0.3 is 0 Å². The fourth-order valence-electron chi connectivity index (χ4n) is 5.08. The maximum atomic E-state index is 9.91. The third-order valence-electron chi connectivity index (χ3n) is 7.23. The fourth-order valence-corrected chi connectivity index (χ4v) is 5.08. The van der Waals surface area contributed by atoms with Crippen LogP contribution in [0.25, 0.3) is 11.1 Å². The van der Waals surface area contributed by atoms with Crippen LogP contribution >= 0.6 is 0 Å². The predicted molar refractivity (Wildman–Crippen MR) is 135 cm³/mol. The van der Waals surface area contributed by atoms with Crippen LogP contribution in [0, 0.1) is 16.7 Å². The monoisotopic (exact) mass is 431 g/mol. The van der Waals surface area contributed by atoms with Gasteiger partial charge < -0.3 is 4.74 Å². The topological polar surface area (TPSA) is 33.0 Å².